The van der Waals surface area contributed by atoms with Crippen LogP contribution in [0.1, 0.15) is 46.0 Å². The summed E-state index contributed by atoms with van der Waals surface area (Å²) in [4.78, 5) is 0. The van der Waals surface area contributed by atoms with Crippen LogP contribution in [0.15, 0.2) is 0 Å². The van der Waals surface area contributed by atoms with Crippen molar-refractivity contribution in [1.29, 1.82) is 0 Å². The summed E-state index contributed by atoms with van der Waals surface area (Å²) in [7, 11) is 0. The van der Waals surface area contributed by atoms with Crippen LogP contribution in [0.25, 0.3) is 0 Å². The van der Waals surface area contributed by atoms with Crippen LogP contribution in [0.2, 0.25) is 0 Å². The Morgan fingerprint density at radius 3 is 2.72 bits per heavy atom. The first-order valence-corrected chi connectivity index (χ1v) is 6.72. The third-order valence-corrected chi connectivity index (χ3v) is 3.66. The normalized spacial score (nSPS) is 28.8. The third-order valence-electron chi connectivity index (χ3n) is 3.66. The Morgan fingerprint density at radius 2 is 2.11 bits per heavy atom. The molecule has 1 saturated carbocycles. The maximum Gasteiger partial charge on any atom is 0.411 e. The first kappa shape index (κ1) is 15.8. The topological polar surface area (TPSA) is 21.3 Å². The van der Waals surface area contributed by atoms with Crippen LogP contribution in [0.4, 0.5) is 13.2 Å². The lowest BCUT2D eigenvalue weighted by molar-refractivity contribution is -0.174. The van der Waals surface area contributed by atoms with Gasteiger partial charge in [0.2, 0.25) is 0 Å². The molecule has 1 aliphatic rings. The fraction of sp³-hybridized carbons (Fsp3) is 1.00. The molecule has 0 aliphatic heterocycles. The predicted molar refractivity (Wildman–Crippen MR) is 65.5 cm³/mol. The van der Waals surface area contributed by atoms with Crippen molar-refractivity contribution < 1.29 is 17.9 Å². The maximum atomic E-state index is 11.9. The molecule has 1 aliphatic carbocycles. The standard InChI is InChI=1S/C13H24F3NO/c1-3-17-11-5-7-12(2,9-11)6-4-8-18-10-13(14,15)16/h11,17H,3-10H2,1-2H3. The Morgan fingerprint density at radius 1 is 1.39 bits per heavy atom. The highest BCUT2D eigenvalue weighted by Gasteiger charge is 2.34. The molecular weight excluding hydrogens is 243 g/mol. The van der Waals surface area contributed by atoms with Gasteiger partial charge in [-0.1, -0.05) is 13.8 Å². The molecule has 1 N–H and O–H groups in total. The summed E-state index contributed by atoms with van der Waals surface area (Å²) in [5.41, 5.74) is 0.272. The molecule has 0 heterocycles. The van der Waals surface area contributed by atoms with E-state index in [1.807, 2.05) is 0 Å². The second-order valence-electron chi connectivity index (χ2n) is 5.58. The first-order valence-electron chi connectivity index (χ1n) is 6.72. The van der Waals surface area contributed by atoms with E-state index in [1.54, 1.807) is 0 Å². The Balaban J connectivity index is 2.12. The number of hydrogen-bond acceptors (Lipinski definition) is 2. The lowest BCUT2D eigenvalue weighted by atomic mass is 9.84. The zero-order chi connectivity index (χ0) is 13.6. The highest BCUT2D eigenvalue weighted by molar-refractivity contribution is 4.89. The highest BCUT2D eigenvalue weighted by Crippen LogP contribution is 2.41. The van der Waals surface area contributed by atoms with Gasteiger partial charge in [-0.25, -0.2) is 0 Å². The lowest BCUT2D eigenvalue weighted by Gasteiger charge is -2.24. The van der Waals surface area contributed by atoms with Gasteiger partial charge in [-0.3, -0.25) is 0 Å². The van der Waals surface area contributed by atoms with E-state index in [4.69, 9.17) is 0 Å². The van der Waals surface area contributed by atoms with Gasteiger partial charge in [0, 0.05) is 12.6 Å². The molecule has 0 aromatic heterocycles. The SMILES string of the molecule is CCNC1CCC(C)(CCCOCC(F)(F)F)C1. The maximum absolute atomic E-state index is 11.9. The number of halogens is 3. The molecule has 2 atom stereocenters. The van der Waals surface area contributed by atoms with E-state index in [0.29, 0.717) is 12.5 Å². The Hall–Kier alpha value is -0.290. The Labute approximate surface area is 107 Å². The molecule has 0 saturated heterocycles. The fourth-order valence-corrected chi connectivity index (χ4v) is 2.80. The molecule has 0 aromatic rings. The molecule has 2 nitrogen and oxygen atoms in total. The van der Waals surface area contributed by atoms with Crippen molar-refractivity contribution in [1.82, 2.24) is 5.32 Å². The molecule has 2 unspecified atom stereocenters. The third kappa shape index (κ3) is 6.05. The molecule has 1 fully saturated rings. The van der Waals surface area contributed by atoms with Crippen LogP contribution in [-0.2, 0) is 4.74 Å². The Bertz CT molecular complexity index is 245. The molecule has 0 bridgehead atoms. The van der Waals surface area contributed by atoms with Gasteiger partial charge in [0.05, 0.1) is 0 Å². The highest BCUT2D eigenvalue weighted by atomic mass is 19.4. The van der Waals surface area contributed by atoms with E-state index < -0.39 is 12.8 Å². The van der Waals surface area contributed by atoms with E-state index in [1.165, 1.54) is 6.42 Å². The molecule has 0 radical (unpaired) electrons. The molecule has 5 heteroatoms. The van der Waals surface area contributed by atoms with Crippen LogP contribution in [0.5, 0.6) is 0 Å². The second-order valence-corrected chi connectivity index (χ2v) is 5.58. The van der Waals surface area contributed by atoms with Gasteiger partial charge in [-0.05, 0) is 44.1 Å². The molecule has 18 heavy (non-hydrogen) atoms. The van der Waals surface area contributed by atoms with Crippen LogP contribution in [-0.4, -0.2) is 32.0 Å². The Kier molecular flexibility index (Phi) is 5.92. The predicted octanol–water partition coefficient (Wildman–Crippen LogP) is 3.51. The minimum absolute atomic E-state index is 0.209. The van der Waals surface area contributed by atoms with E-state index in [2.05, 4.69) is 23.9 Å². The van der Waals surface area contributed by atoms with Crippen LogP contribution < -0.4 is 5.32 Å². The monoisotopic (exact) mass is 267 g/mol. The van der Waals surface area contributed by atoms with Crippen molar-refractivity contribution in [3.63, 3.8) is 0 Å². The average molecular weight is 267 g/mol. The van der Waals surface area contributed by atoms with Crippen molar-refractivity contribution in [2.45, 2.75) is 58.2 Å². The molecule has 108 valence electrons. The first-order chi connectivity index (χ1) is 8.35. The number of ether oxygens (including phenoxy) is 1. The molecule has 0 amide bonds. The molecule has 0 spiro atoms. The van der Waals surface area contributed by atoms with E-state index in [9.17, 15) is 13.2 Å². The van der Waals surface area contributed by atoms with Gasteiger partial charge in [-0.2, -0.15) is 13.2 Å². The molecular formula is C13H24F3NO. The van der Waals surface area contributed by atoms with Gasteiger partial charge in [0.1, 0.15) is 6.61 Å². The summed E-state index contributed by atoms with van der Waals surface area (Å²) >= 11 is 0. The lowest BCUT2D eigenvalue weighted by Crippen LogP contribution is -2.27. The van der Waals surface area contributed by atoms with Gasteiger partial charge >= 0.3 is 6.18 Å². The van der Waals surface area contributed by atoms with E-state index >= 15 is 0 Å². The van der Waals surface area contributed by atoms with Gasteiger partial charge < -0.3 is 10.1 Å². The number of alkyl halides is 3. The summed E-state index contributed by atoms with van der Waals surface area (Å²) in [5.74, 6) is 0. The van der Waals surface area contributed by atoms with Crippen molar-refractivity contribution in [2.24, 2.45) is 5.41 Å². The number of rotatable bonds is 7. The van der Waals surface area contributed by atoms with E-state index in [0.717, 1.165) is 25.8 Å². The zero-order valence-corrected chi connectivity index (χ0v) is 11.3. The van der Waals surface area contributed by atoms with Gasteiger partial charge in [-0.15, -0.1) is 0 Å². The zero-order valence-electron chi connectivity index (χ0n) is 11.3. The average Bonchev–Trinajstić information content (AvgIpc) is 2.59. The summed E-state index contributed by atoms with van der Waals surface area (Å²) in [6.45, 7) is 4.40. The van der Waals surface area contributed by atoms with Gasteiger partial charge in [0.15, 0.2) is 0 Å². The largest absolute Gasteiger partial charge is 0.411 e. The minimum Gasteiger partial charge on any atom is -0.372 e. The fourth-order valence-electron chi connectivity index (χ4n) is 2.80. The summed E-state index contributed by atoms with van der Waals surface area (Å²) < 4.78 is 40.2. The van der Waals surface area contributed by atoms with Crippen molar-refractivity contribution in [3.05, 3.63) is 0 Å². The molecule has 0 aromatic carbocycles. The smallest absolute Gasteiger partial charge is 0.372 e. The van der Waals surface area contributed by atoms with Crippen LogP contribution in [0, 0.1) is 5.41 Å². The van der Waals surface area contributed by atoms with Crippen LogP contribution >= 0.6 is 0 Å². The molecule has 1 rings (SSSR count). The summed E-state index contributed by atoms with van der Waals surface area (Å²) in [6.07, 6.45) is 0.920. The summed E-state index contributed by atoms with van der Waals surface area (Å²) in [5, 5.41) is 3.44. The summed E-state index contributed by atoms with van der Waals surface area (Å²) in [6, 6.07) is 0.580. The van der Waals surface area contributed by atoms with Crippen molar-refractivity contribution in [3.8, 4) is 0 Å². The van der Waals surface area contributed by atoms with Crippen molar-refractivity contribution >= 4 is 0 Å². The second kappa shape index (κ2) is 6.75. The minimum atomic E-state index is -4.20. The van der Waals surface area contributed by atoms with Crippen molar-refractivity contribution in [2.75, 3.05) is 19.8 Å². The van der Waals surface area contributed by atoms with Gasteiger partial charge in [0.25, 0.3) is 0 Å². The number of nitrogens with one attached hydrogen (secondary N) is 1. The van der Waals surface area contributed by atoms with Crippen LogP contribution in [0.3, 0.4) is 0 Å². The number of hydrogen-bond donors (Lipinski definition) is 1. The quantitative estimate of drug-likeness (QED) is 0.713. The van der Waals surface area contributed by atoms with E-state index in [-0.39, 0.29) is 12.0 Å².